The molecule has 0 bridgehead atoms. The fraction of sp³-hybridized carbons (Fsp3) is 0.719. The molecule has 0 aromatic heterocycles. The van der Waals surface area contributed by atoms with Crippen molar-refractivity contribution in [3.8, 4) is 0 Å². The third-order valence-electron chi connectivity index (χ3n) is 8.13. The number of esters is 1. The molecule has 1 aliphatic heterocycles. The van der Waals surface area contributed by atoms with Crippen molar-refractivity contribution in [2.75, 3.05) is 19.7 Å². The highest BCUT2D eigenvalue weighted by Crippen LogP contribution is 2.65. The van der Waals surface area contributed by atoms with E-state index in [2.05, 4.69) is 22.5 Å². The van der Waals surface area contributed by atoms with Crippen LogP contribution in [0.4, 0.5) is 4.79 Å². The minimum Gasteiger partial charge on any atom is -0.463 e. The Kier molecular flexibility index (Phi) is 12.2. The minimum absolute atomic E-state index is 0.0292. The van der Waals surface area contributed by atoms with Gasteiger partial charge >= 0.3 is 12.1 Å². The van der Waals surface area contributed by atoms with Gasteiger partial charge in [-0.15, -0.1) is 6.58 Å². The number of nitrogens with one attached hydrogen (secondary N) is 3. The van der Waals surface area contributed by atoms with Gasteiger partial charge in [0.25, 0.3) is 5.91 Å². The Morgan fingerprint density at radius 3 is 2.27 bits per heavy atom. The van der Waals surface area contributed by atoms with Gasteiger partial charge in [-0.05, 0) is 63.2 Å². The summed E-state index contributed by atoms with van der Waals surface area (Å²) in [6.45, 7) is 20.7. The van der Waals surface area contributed by atoms with Gasteiger partial charge in [0.15, 0.2) is 6.10 Å². The number of ether oxygens (including phenoxy) is 2. The Bertz CT molecular complexity index is 1120. The van der Waals surface area contributed by atoms with Crippen LogP contribution >= 0.6 is 0 Å². The topological polar surface area (TPSA) is 163 Å². The molecule has 2 rings (SSSR count). The Morgan fingerprint density at radius 1 is 1.09 bits per heavy atom. The van der Waals surface area contributed by atoms with Crippen LogP contribution in [0.1, 0.15) is 75.2 Å². The molecular weight excluding hydrogens is 568 g/mol. The lowest BCUT2D eigenvalue weighted by molar-refractivity contribution is -0.145. The van der Waals surface area contributed by atoms with Gasteiger partial charge in [0.05, 0.1) is 12.6 Å². The quantitative estimate of drug-likeness (QED) is 0.139. The molecule has 3 unspecified atom stereocenters. The van der Waals surface area contributed by atoms with Crippen molar-refractivity contribution < 1.29 is 38.6 Å². The number of aliphatic hydroxyl groups excluding tert-OH is 1. The maximum atomic E-state index is 14.0. The van der Waals surface area contributed by atoms with Crippen molar-refractivity contribution >= 4 is 29.8 Å². The van der Waals surface area contributed by atoms with Crippen molar-refractivity contribution in [3.63, 3.8) is 0 Å². The summed E-state index contributed by atoms with van der Waals surface area (Å²) in [6.07, 6.45) is 2.50. The molecule has 12 nitrogen and oxygen atoms in total. The number of carbonyl (C=O) groups is 5. The monoisotopic (exact) mass is 620 g/mol. The number of hydrogen-bond donors (Lipinski definition) is 4. The Hall–Kier alpha value is -3.41. The first kappa shape index (κ1) is 36.8. The molecule has 44 heavy (non-hydrogen) atoms. The molecule has 1 aliphatic carbocycles. The number of hydrogen-bond acceptors (Lipinski definition) is 8. The number of fused-ring (bicyclic) bond motifs is 1. The third-order valence-corrected chi connectivity index (χ3v) is 8.13. The molecule has 2 fully saturated rings. The summed E-state index contributed by atoms with van der Waals surface area (Å²) in [6, 6.07) is -2.80. The summed E-state index contributed by atoms with van der Waals surface area (Å²) in [4.78, 5) is 66.4. The lowest BCUT2D eigenvalue weighted by Gasteiger charge is -2.38. The van der Waals surface area contributed by atoms with Crippen LogP contribution in [0.5, 0.6) is 0 Å². The second-order valence-corrected chi connectivity index (χ2v) is 14.2. The van der Waals surface area contributed by atoms with Crippen LogP contribution in [0.3, 0.4) is 0 Å². The number of alkyl carbamates (subject to hydrolysis) is 1. The molecule has 6 atom stereocenters. The highest BCUT2D eigenvalue weighted by atomic mass is 16.6. The van der Waals surface area contributed by atoms with Gasteiger partial charge in [-0.1, -0.05) is 46.8 Å². The standard InChI is InChI=1S/C32H52N4O8/c1-11-13-15-20(24(38)27(40)33-17-14-16-21(37)43-12-2)34-26(39)23-22-19(32(22,9)10)18-36(23)28(41)25(30(3,4)5)35-29(42)44-31(6,7)8/h11,14,16,19-20,22-25,38H,1,12-13,15,17-18H2,2-10H3,(H,33,40)(H,34,39)(H,35,42)/t19-,20?,22-,23?,24?,25+/m0/s1. The van der Waals surface area contributed by atoms with Crippen LogP contribution in [0.25, 0.3) is 0 Å². The molecule has 0 spiro atoms. The molecule has 4 amide bonds. The van der Waals surface area contributed by atoms with Crippen LogP contribution in [-0.4, -0.2) is 89.3 Å². The normalized spacial score (nSPS) is 22.7. The number of carbonyl (C=O) groups excluding carboxylic acids is 5. The third kappa shape index (κ3) is 9.54. The zero-order valence-corrected chi connectivity index (χ0v) is 27.7. The van der Waals surface area contributed by atoms with Crippen LogP contribution in [-0.2, 0) is 28.7 Å². The second kappa shape index (κ2) is 14.6. The molecule has 248 valence electrons. The fourth-order valence-corrected chi connectivity index (χ4v) is 5.72. The van der Waals surface area contributed by atoms with Gasteiger partial charge in [0, 0.05) is 19.2 Å². The van der Waals surface area contributed by atoms with Gasteiger partial charge < -0.3 is 35.4 Å². The number of piperidine rings is 1. The summed E-state index contributed by atoms with van der Waals surface area (Å²) in [5, 5.41) is 19.0. The van der Waals surface area contributed by atoms with E-state index in [1.54, 1.807) is 33.8 Å². The van der Waals surface area contributed by atoms with E-state index in [-0.39, 0.29) is 36.8 Å². The summed E-state index contributed by atoms with van der Waals surface area (Å²) >= 11 is 0. The molecule has 1 saturated heterocycles. The second-order valence-electron chi connectivity index (χ2n) is 14.2. The number of nitrogens with zero attached hydrogens (tertiary/aromatic N) is 1. The predicted molar refractivity (Wildman–Crippen MR) is 165 cm³/mol. The van der Waals surface area contributed by atoms with E-state index >= 15 is 0 Å². The molecule has 12 heteroatoms. The Labute approximate surface area is 261 Å². The largest absolute Gasteiger partial charge is 0.463 e. The maximum absolute atomic E-state index is 14.0. The van der Waals surface area contributed by atoms with Gasteiger partial charge in [-0.3, -0.25) is 14.4 Å². The first-order valence-electron chi connectivity index (χ1n) is 15.3. The predicted octanol–water partition coefficient (Wildman–Crippen LogP) is 2.46. The van der Waals surface area contributed by atoms with E-state index in [0.29, 0.717) is 13.0 Å². The zero-order valence-electron chi connectivity index (χ0n) is 27.7. The minimum atomic E-state index is -1.60. The number of aliphatic hydroxyl groups is 1. The summed E-state index contributed by atoms with van der Waals surface area (Å²) < 4.78 is 10.2. The molecule has 0 radical (unpaired) electrons. The summed E-state index contributed by atoms with van der Waals surface area (Å²) in [7, 11) is 0. The maximum Gasteiger partial charge on any atom is 0.408 e. The fourth-order valence-electron chi connectivity index (χ4n) is 5.72. The first-order valence-corrected chi connectivity index (χ1v) is 15.3. The lowest BCUT2D eigenvalue weighted by Crippen LogP contribution is -2.61. The van der Waals surface area contributed by atoms with Crippen molar-refractivity contribution in [2.45, 2.75) is 105 Å². The zero-order chi connectivity index (χ0) is 33.6. The average molecular weight is 621 g/mol. The van der Waals surface area contributed by atoms with Crippen molar-refractivity contribution in [3.05, 3.63) is 24.8 Å². The van der Waals surface area contributed by atoms with Gasteiger partial charge in [-0.2, -0.15) is 0 Å². The van der Waals surface area contributed by atoms with E-state index in [1.807, 2.05) is 34.6 Å². The van der Waals surface area contributed by atoms with Crippen LogP contribution in [0.15, 0.2) is 24.8 Å². The van der Waals surface area contributed by atoms with E-state index < -0.39 is 65.0 Å². The van der Waals surface area contributed by atoms with Gasteiger partial charge in [0.1, 0.15) is 17.7 Å². The highest BCUT2D eigenvalue weighted by molar-refractivity contribution is 5.94. The van der Waals surface area contributed by atoms with E-state index in [1.165, 1.54) is 17.1 Å². The first-order chi connectivity index (χ1) is 20.3. The van der Waals surface area contributed by atoms with E-state index in [0.717, 1.165) is 0 Å². The van der Waals surface area contributed by atoms with Crippen LogP contribution in [0.2, 0.25) is 0 Å². The number of allylic oxidation sites excluding steroid dienone is 1. The van der Waals surface area contributed by atoms with Crippen molar-refractivity contribution in [1.82, 2.24) is 20.9 Å². The lowest BCUT2D eigenvalue weighted by atomic mass is 9.85. The number of amides is 4. The number of rotatable bonds is 13. The smallest absolute Gasteiger partial charge is 0.408 e. The summed E-state index contributed by atoms with van der Waals surface area (Å²) in [5.74, 6) is -2.22. The number of likely N-dealkylation sites (tertiary alicyclic amines) is 1. The highest BCUT2D eigenvalue weighted by Gasteiger charge is 2.70. The van der Waals surface area contributed by atoms with Gasteiger partial charge in [0.2, 0.25) is 11.8 Å². The van der Waals surface area contributed by atoms with Crippen LogP contribution in [0, 0.1) is 22.7 Å². The van der Waals surface area contributed by atoms with E-state index in [4.69, 9.17) is 9.47 Å². The molecule has 4 N–H and O–H groups in total. The Morgan fingerprint density at radius 2 is 1.73 bits per heavy atom. The molecule has 0 aromatic rings. The Balaban J connectivity index is 2.24. The van der Waals surface area contributed by atoms with Crippen LogP contribution < -0.4 is 16.0 Å². The average Bonchev–Trinajstić information content (AvgIpc) is 3.21. The van der Waals surface area contributed by atoms with Crippen molar-refractivity contribution in [2.24, 2.45) is 22.7 Å². The molecule has 1 heterocycles. The van der Waals surface area contributed by atoms with E-state index in [9.17, 15) is 29.1 Å². The summed E-state index contributed by atoms with van der Waals surface area (Å²) in [5.41, 5.74) is -1.64. The molecule has 1 saturated carbocycles. The molecule has 0 aromatic carbocycles. The molecule has 2 aliphatic rings. The molecular formula is C32H52N4O8. The van der Waals surface area contributed by atoms with Gasteiger partial charge in [-0.25, -0.2) is 9.59 Å². The van der Waals surface area contributed by atoms with Crippen molar-refractivity contribution in [1.29, 1.82) is 0 Å². The SMILES string of the molecule is C=CCCC(NC(=O)C1[C@@H]2[C@H](CN1C(=O)[C@@H](NC(=O)OC(C)(C)C)C(C)(C)C)C2(C)C)C(O)C(=O)NCC=CC(=O)OCC.